The lowest BCUT2D eigenvalue weighted by atomic mass is 10.2. The molecule has 0 amide bonds. The summed E-state index contributed by atoms with van der Waals surface area (Å²) in [7, 11) is 0. The molecule has 0 aromatic carbocycles. The molecule has 1 saturated heterocycles. The normalized spacial score (nSPS) is 21.0. The van der Waals surface area contributed by atoms with Gasteiger partial charge in [0.15, 0.2) is 0 Å². The lowest BCUT2D eigenvalue weighted by Crippen LogP contribution is -2.16. The van der Waals surface area contributed by atoms with Crippen molar-refractivity contribution in [2.24, 2.45) is 0 Å². The van der Waals surface area contributed by atoms with Gasteiger partial charge in [0, 0.05) is 24.6 Å². The first-order chi connectivity index (χ1) is 6.84. The zero-order valence-electron chi connectivity index (χ0n) is 7.98. The topological polar surface area (TPSA) is 57.4 Å². The molecule has 2 rings (SSSR count). The maximum absolute atomic E-state index is 5.59. The molecule has 1 aromatic heterocycles. The van der Waals surface area contributed by atoms with Crippen molar-refractivity contribution in [3.8, 4) is 5.88 Å². The Morgan fingerprint density at radius 1 is 1.64 bits per heavy atom. The Bertz CT molecular complexity index is 298. The number of hydrogen-bond donors (Lipinski definition) is 1. The molecule has 2 heterocycles. The van der Waals surface area contributed by atoms with E-state index in [9.17, 15) is 0 Å². The second-order valence-corrected chi connectivity index (χ2v) is 3.37. The molecule has 0 radical (unpaired) electrons. The van der Waals surface area contributed by atoms with E-state index in [0.717, 1.165) is 19.4 Å². The summed E-state index contributed by atoms with van der Waals surface area (Å²) >= 11 is 0. The van der Waals surface area contributed by atoms with E-state index >= 15 is 0 Å². The van der Waals surface area contributed by atoms with Crippen LogP contribution in [0.2, 0.25) is 0 Å². The molecule has 0 spiro atoms. The molecule has 1 fully saturated rings. The Labute approximate surface area is 83.0 Å². The first kappa shape index (κ1) is 9.27. The van der Waals surface area contributed by atoms with Crippen LogP contribution in [0.4, 0.5) is 5.69 Å². The maximum Gasteiger partial charge on any atom is 0.215 e. The highest BCUT2D eigenvalue weighted by Gasteiger charge is 2.16. The van der Waals surface area contributed by atoms with Crippen LogP contribution < -0.4 is 10.5 Å². The molecule has 0 saturated carbocycles. The van der Waals surface area contributed by atoms with E-state index < -0.39 is 0 Å². The number of nitrogens with two attached hydrogens (primary N) is 1. The highest BCUT2D eigenvalue weighted by Crippen LogP contribution is 2.15. The number of anilines is 1. The number of rotatable bonds is 3. The van der Waals surface area contributed by atoms with Crippen molar-refractivity contribution >= 4 is 5.69 Å². The average Bonchev–Trinajstić information content (AvgIpc) is 2.67. The molecule has 0 aliphatic carbocycles. The highest BCUT2D eigenvalue weighted by molar-refractivity contribution is 5.39. The van der Waals surface area contributed by atoms with E-state index in [-0.39, 0.29) is 6.10 Å². The van der Waals surface area contributed by atoms with Gasteiger partial charge in [-0.1, -0.05) is 0 Å². The van der Waals surface area contributed by atoms with E-state index in [1.807, 2.05) is 0 Å². The van der Waals surface area contributed by atoms with E-state index in [1.165, 1.54) is 0 Å². The van der Waals surface area contributed by atoms with Crippen LogP contribution in [0.3, 0.4) is 0 Å². The fraction of sp³-hybridized carbons (Fsp3) is 0.500. The summed E-state index contributed by atoms with van der Waals surface area (Å²) in [6.07, 6.45) is 4.05. The van der Waals surface area contributed by atoms with E-state index in [2.05, 4.69) is 4.98 Å². The number of ether oxygens (including phenoxy) is 2. The summed E-state index contributed by atoms with van der Waals surface area (Å²) in [5.74, 6) is 0.570. The maximum atomic E-state index is 5.59. The van der Waals surface area contributed by atoms with Crippen LogP contribution in [0, 0.1) is 0 Å². The molecular weight excluding hydrogens is 180 g/mol. The van der Waals surface area contributed by atoms with Crippen molar-refractivity contribution in [2.75, 3.05) is 18.9 Å². The summed E-state index contributed by atoms with van der Waals surface area (Å²) in [6.45, 7) is 1.41. The molecule has 4 nitrogen and oxygen atoms in total. The predicted octanol–water partition coefficient (Wildman–Crippen LogP) is 1.22. The molecule has 4 heteroatoms. The molecule has 1 aromatic rings. The standard InChI is InChI=1S/C10H14N2O2/c11-8-3-4-12-10(6-8)14-7-9-2-1-5-13-9/h3-4,6,9H,1-2,5,7H2,(H2,11,12). The van der Waals surface area contributed by atoms with Crippen LogP contribution in [0.25, 0.3) is 0 Å². The third kappa shape index (κ3) is 2.35. The third-order valence-corrected chi connectivity index (χ3v) is 2.20. The largest absolute Gasteiger partial charge is 0.475 e. The minimum Gasteiger partial charge on any atom is -0.475 e. The van der Waals surface area contributed by atoms with Gasteiger partial charge in [0.2, 0.25) is 5.88 Å². The fourth-order valence-corrected chi connectivity index (χ4v) is 1.46. The van der Waals surface area contributed by atoms with Gasteiger partial charge >= 0.3 is 0 Å². The quantitative estimate of drug-likeness (QED) is 0.786. The highest BCUT2D eigenvalue weighted by atomic mass is 16.5. The molecular formula is C10H14N2O2. The molecule has 1 aliphatic heterocycles. The minimum atomic E-state index is 0.221. The summed E-state index contributed by atoms with van der Waals surface area (Å²) in [5, 5.41) is 0. The number of nitrogen functional groups attached to an aromatic ring is 1. The van der Waals surface area contributed by atoms with Gasteiger partial charge in [0.1, 0.15) is 6.61 Å². The van der Waals surface area contributed by atoms with Gasteiger partial charge in [-0.15, -0.1) is 0 Å². The summed E-state index contributed by atoms with van der Waals surface area (Å²) in [6, 6.07) is 3.45. The first-order valence-corrected chi connectivity index (χ1v) is 4.80. The summed E-state index contributed by atoms with van der Waals surface area (Å²) in [4.78, 5) is 4.04. The van der Waals surface area contributed by atoms with Crippen molar-refractivity contribution in [3.63, 3.8) is 0 Å². The van der Waals surface area contributed by atoms with Gasteiger partial charge in [-0.05, 0) is 18.9 Å². The molecule has 2 N–H and O–H groups in total. The van der Waals surface area contributed by atoms with E-state index in [1.54, 1.807) is 18.3 Å². The average molecular weight is 194 g/mol. The second-order valence-electron chi connectivity index (χ2n) is 3.37. The molecule has 14 heavy (non-hydrogen) atoms. The number of nitrogens with zero attached hydrogens (tertiary/aromatic N) is 1. The predicted molar refractivity (Wildman–Crippen MR) is 53.1 cm³/mol. The van der Waals surface area contributed by atoms with Gasteiger partial charge in [-0.25, -0.2) is 4.98 Å². The van der Waals surface area contributed by atoms with Crippen LogP contribution in [0.1, 0.15) is 12.8 Å². The van der Waals surface area contributed by atoms with Crippen LogP contribution in [0.5, 0.6) is 5.88 Å². The van der Waals surface area contributed by atoms with Crippen molar-refractivity contribution < 1.29 is 9.47 Å². The zero-order chi connectivity index (χ0) is 9.80. The van der Waals surface area contributed by atoms with E-state index in [4.69, 9.17) is 15.2 Å². The second kappa shape index (κ2) is 4.28. The fourth-order valence-electron chi connectivity index (χ4n) is 1.46. The van der Waals surface area contributed by atoms with Crippen molar-refractivity contribution in [3.05, 3.63) is 18.3 Å². The SMILES string of the molecule is Nc1ccnc(OCC2CCCO2)c1. The minimum absolute atomic E-state index is 0.221. The van der Waals surface area contributed by atoms with Gasteiger partial charge in [-0.2, -0.15) is 0 Å². The monoisotopic (exact) mass is 194 g/mol. The third-order valence-electron chi connectivity index (χ3n) is 2.20. The zero-order valence-corrected chi connectivity index (χ0v) is 7.98. The summed E-state index contributed by atoms with van der Waals surface area (Å²) in [5.41, 5.74) is 6.26. The molecule has 1 unspecified atom stereocenters. The Balaban J connectivity index is 1.85. The Kier molecular flexibility index (Phi) is 2.84. The summed E-state index contributed by atoms with van der Waals surface area (Å²) < 4.78 is 10.9. The Hall–Kier alpha value is -1.29. The van der Waals surface area contributed by atoms with Crippen LogP contribution in [-0.2, 0) is 4.74 Å². The molecule has 76 valence electrons. The van der Waals surface area contributed by atoms with Crippen molar-refractivity contribution in [1.82, 2.24) is 4.98 Å². The number of pyridine rings is 1. The Morgan fingerprint density at radius 2 is 2.57 bits per heavy atom. The van der Waals surface area contributed by atoms with Gasteiger partial charge in [-0.3, -0.25) is 0 Å². The molecule has 0 bridgehead atoms. The van der Waals surface area contributed by atoms with E-state index in [0.29, 0.717) is 18.2 Å². The van der Waals surface area contributed by atoms with Gasteiger partial charge in [0.05, 0.1) is 6.10 Å². The smallest absolute Gasteiger partial charge is 0.215 e. The van der Waals surface area contributed by atoms with Crippen LogP contribution in [0.15, 0.2) is 18.3 Å². The first-order valence-electron chi connectivity index (χ1n) is 4.80. The number of hydrogen-bond acceptors (Lipinski definition) is 4. The van der Waals surface area contributed by atoms with Crippen LogP contribution >= 0.6 is 0 Å². The molecule has 1 aliphatic rings. The molecule has 1 atom stereocenters. The lowest BCUT2D eigenvalue weighted by Gasteiger charge is -2.10. The van der Waals surface area contributed by atoms with Crippen molar-refractivity contribution in [2.45, 2.75) is 18.9 Å². The lowest BCUT2D eigenvalue weighted by molar-refractivity contribution is 0.0664. The number of aromatic nitrogens is 1. The Morgan fingerprint density at radius 3 is 3.29 bits per heavy atom. The van der Waals surface area contributed by atoms with Gasteiger partial charge in [0.25, 0.3) is 0 Å². The van der Waals surface area contributed by atoms with Crippen LogP contribution in [-0.4, -0.2) is 24.3 Å². The van der Waals surface area contributed by atoms with Crippen molar-refractivity contribution in [1.29, 1.82) is 0 Å². The van der Waals surface area contributed by atoms with Gasteiger partial charge < -0.3 is 15.2 Å².